The Balaban J connectivity index is 1.21. The number of nitriles is 1. The number of halogens is 1. The number of amides is 3. The van der Waals surface area contributed by atoms with Crippen molar-refractivity contribution in [2.75, 3.05) is 25.6 Å². The lowest BCUT2D eigenvalue weighted by molar-refractivity contribution is -0.148. The number of carbonyl (C=O) groups is 4. The predicted octanol–water partition coefficient (Wildman–Crippen LogP) is 6.48. The standard InChI is InChI=1S/C42H52ClN7O8S/c1-8-24-18-42(24,38(53)55-7)49-36(51)30-16-26(19-50(30)37(52)35(41(4,5)6)48-40(54)58-25-14-22-13-23(22)15-25)57-32-17-28(29-20-59-39(47-29)45-21(2)3)46-34-27(32)9-10-31(33(34)43)56-12-11-44/h9-10,17,20-26,30,35H,8,12-16,18-19H2,1-7H3,(H,45,47)(H,48,54)(H,49,51)/t22-,23+,24-,25?,26+,30+,35?,42?/m1/s1. The molecular formula is C42H52ClN7O8S. The molecule has 0 bridgehead atoms. The van der Waals surface area contributed by atoms with Crippen molar-refractivity contribution in [1.82, 2.24) is 25.5 Å². The molecule has 4 fully saturated rings. The van der Waals surface area contributed by atoms with Gasteiger partial charge in [0.25, 0.3) is 0 Å². The summed E-state index contributed by atoms with van der Waals surface area (Å²) in [6, 6.07) is 5.07. The predicted molar refractivity (Wildman–Crippen MR) is 221 cm³/mol. The third-order valence-corrected chi connectivity index (χ3v) is 12.9. The Morgan fingerprint density at radius 3 is 2.46 bits per heavy atom. The lowest BCUT2D eigenvalue weighted by Gasteiger charge is -2.35. The van der Waals surface area contributed by atoms with Crippen LogP contribution in [0.3, 0.4) is 0 Å². The molecule has 0 radical (unpaired) electrons. The van der Waals surface area contributed by atoms with Gasteiger partial charge in [0.15, 0.2) is 11.7 Å². The number of hydrogen-bond donors (Lipinski definition) is 3. The molecule has 59 heavy (non-hydrogen) atoms. The number of alkyl carbamates (subject to hydrolysis) is 1. The largest absolute Gasteiger partial charge is 0.488 e. The topological polar surface area (TPSA) is 194 Å². The highest BCUT2D eigenvalue weighted by atomic mass is 35.5. The van der Waals surface area contributed by atoms with E-state index in [2.05, 4.69) is 16.0 Å². The number of esters is 1. The quantitative estimate of drug-likeness (QED) is 0.150. The summed E-state index contributed by atoms with van der Waals surface area (Å²) in [6.45, 7) is 11.2. The van der Waals surface area contributed by atoms with Gasteiger partial charge in [-0.3, -0.25) is 9.59 Å². The van der Waals surface area contributed by atoms with Crippen LogP contribution in [0.2, 0.25) is 5.02 Å². The molecule has 15 nitrogen and oxygen atoms in total. The third-order valence-electron chi connectivity index (χ3n) is 11.8. The lowest BCUT2D eigenvalue weighted by atomic mass is 9.85. The van der Waals surface area contributed by atoms with Crippen molar-refractivity contribution in [3.8, 4) is 29.0 Å². The van der Waals surface area contributed by atoms with Crippen LogP contribution in [0.25, 0.3) is 22.3 Å². The Labute approximate surface area is 352 Å². The van der Waals surface area contributed by atoms with Gasteiger partial charge in [-0.15, -0.1) is 11.3 Å². The molecule has 3 saturated carbocycles. The Bertz CT molecular complexity index is 2160. The van der Waals surface area contributed by atoms with Gasteiger partial charge in [0.1, 0.15) is 58.1 Å². The normalized spacial score (nSPS) is 26.1. The summed E-state index contributed by atoms with van der Waals surface area (Å²) >= 11 is 8.29. The monoisotopic (exact) mass is 849 g/mol. The van der Waals surface area contributed by atoms with Crippen LogP contribution >= 0.6 is 22.9 Å². The number of nitrogens with zero attached hydrogens (tertiary/aromatic N) is 4. The fraction of sp³-hybridized carbons (Fsp3) is 0.595. The number of fused-ring (bicyclic) bond motifs is 2. The molecule has 1 saturated heterocycles. The van der Waals surface area contributed by atoms with Crippen molar-refractivity contribution in [3.05, 3.63) is 28.6 Å². The van der Waals surface area contributed by atoms with E-state index >= 15 is 0 Å². The maximum absolute atomic E-state index is 14.8. The van der Waals surface area contributed by atoms with Gasteiger partial charge in [0.05, 0.1) is 24.9 Å². The van der Waals surface area contributed by atoms with Crippen LogP contribution in [0.4, 0.5) is 9.93 Å². The van der Waals surface area contributed by atoms with E-state index in [-0.39, 0.29) is 48.4 Å². The first-order chi connectivity index (χ1) is 28.0. The molecule has 3 amide bonds. The fourth-order valence-corrected chi connectivity index (χ4v) is 9.67. The van der Waals surface area contributed by atoms with Crippen LogP contribution in [0.1, 0.15) is 80.1 Å². The number of nitrogens with one attached hydrogen (secondary N) is 3. The van der Waals surface area contributed by atoms with Crippen molar-refractivity contribution < 1.29 is 38.1 Å². The summed E-state index contributed by atoms with van der Waals surface area (Å²) in [6.07, 6.45) is 2.34. The van der Waals surface area contributed by atoms with Gasteiger partial charge in [0, 0.05) is 29.3 Å². The number of methoxy groups -OCH3 is 1. The second-order valence-corrected chi connectivity index (χ2v) is 18.7. The minimum atomic E-state index is -1.20. The Kier molecular flexibility index (Phi) is 11.9. The third kappa shape index (κ3) is 8.87. The number of benzene rings is 1. The van der Waals surface area contributed by atoms with Gasteiger partial charge in [-0.25, -0.2) is 19.6 Å². The van der Waals surface area contributed by atoms with Crippen LogP contribution in [0.15, 0.2) is 23.6 Å². The molecule has 3 heterocycles. The zero-order valence-electron chi connectivity index (χ0n) is 34.4. The van der Waals surface area contributed by atoms with Crippen molar-refractivity contribution >= 4 is 62.8 Å². The lowest BCUT2D eigenvalue weighted by Crippen LogP contribution is -2.59. The molecule has 0 spiro atoms. The van der Waals surface area contributed by atoms with E-state index in [1.807, 2.05) is 53.0 Å². The SMILES string of the molecule is CC[C@@H]1CC1(NC(=O)[C@@H]1C[C@H](Oc2cc(-c3csc(NC(C)C)n3)nc3c(Cl)c(OCC#N)ccc23)CN1C(=O)C(NC(=O)OC1C[C@@H]2C[C@@H]2C1)C(C)(C)C)C(=O)OC. The van der Waals surface area contributed by atoms with E-state index in [1.54, 1.807) is 18.2 Å². The molecule has 3 aliphatic carbocycles. The first-order valence-corrected chi connectivity index (χ1v) is 21.5. The van der Waals surface area contributed by atoms with Gasteiger partial charge in [-0.1, -0.05) is 45.7 Å². The number of thiazole rings is 1. The molecule has 7 rings (SSSR count). The van der Waals surface area contributed by atoms with Gasteiger partial charge in [0.2, 0.25) is 11.8 Å². The first kappa shape index (κ1) is 42.3. The minimum absolute atomic E-state index is 0.0238. The number of likely N-dealkylation sites (tertiary alicyclic amines) is 1. The second-order valence-electron chi connectivity index (χ2n) is 17.5. The van der Waals surface area contributed by atoms with E-state index < -0.39 is 53.0 Å². The number of hydrogen-bond acceptors (Lipinski definition) is 13. The van der Waals surface area contributed by atoms with Gasteiger partial charge in [-0.05, 0) is 74.8 Å². The zero-order valence-corrected chi connectivity index (χ0v) is 36.0. The van der Waals surface area contributed by atoms with E-state index in [4.69, 9.17) is 45.8 Å². The first-order valence-electron chi connectivity index (χ1n) is 20.2. The van der Waals surface area contributed by atoms with Gasteiger partial charge < -0.3 is 39.8 Å². The summed E-state index contributed by atoms with van der Waals surface area (Å²) < 4.78 is 23.2. The summed E-state index contributed by atoms with van der Waals surface area (Å²) in [5.41, 5.74) is -0.616. The molecule has 2 aromatic heterocycles. The maximum Gasteiger partial charge on any atom is 0.408 e. The summed E-state index contributed by atoms with van der Waals surface area (Å²) in [5.74, 6) is 0.165. The number of anilines is 1. The van der Waals surface area contributed by atoms with E-state index in [0.29, 0.717) is 57.8 Å². The number of ether oxygens (including phenoxy) is 4. The smallest absolute Gasteiger partial charge is 0.408 e. The fourth-order valence-electron chi connectivity index (χ4n) is 8.55. The summed E-state index contributed by atoms with van der Waals surface area (Å²) in [5, 5.41) is 21.5. The zero-order chi connectivity index (χ0) is 42.4. The van der Waals surface area contributed by atoms with Crippen LogP contribution in [0, 0.1) is 34.5 Å². The Morgan fingerprint density at radius 2 is 1.81 bits per heavy atom. The second kappa shape index (κ2) is 16.6. The molecule has 3 unspecified atom stereocenters. The molecule has 316 valence electrons. The number of aromatic nitrogens is 2. The number of pyridine rings is 1. The van der Waals surface area contributed by atoms with Crippen LogP contribution in [-0.4, -0.2) is 94.9 Å². The molecule has 1 aromatic carbocycles. The number of carbonyl (C=O) groups excluding carboxylic acids is 4. The molecule has 8 atom stereocenters. The van der Waals surface area contributed by atoms with Gasteiger partial charge in [-0.2, -0.15) is 5.26 Å². The van der Waals surface area contributed by atoms with E-state index in [9.17, 15) is 19.2 Å². The minimum Gasteiger partial charge on any atom is -0.488 e. The van der Waals surface area contributed by atoms with Crippen molar-refractivity contribution in [2.24, 2.45) is 23.2 Å². The van der Waals surface area contributed by atoms with Crippen LogP contribution < -0.4 is 25.4 Å². The van der Waals surface area contributed by atoms with Crippen molar-refractivity contribution in [2.45, 2.75) is 116 Å². The van der Waals surface area contributed by atoms with E-state index in [1.165, 1.54) is 29.8 Å². The maximum atomic E-state index is 14.8. The molecule has 4 aliphatic rings. The average molecular weight is 850 g/mol. The highest BCUT2D eigenvalue weighted by Crippen LogP contribution is 2.52. The molecule has 1 aliphatic heterocycles. The Hall–Kier alpha value is -4.88. The molecular weight excluding hydrogens is 798 g/mol. The highest BCUT2D eigenvalue weighted by Gasteiger charge is 2.62. The van der Waals surface area contributed by atoms with Crippen LogP contribution in [0.5, 0.6) is 11.5 Å². The molecule has 17 heteroatoms. The van der Waals surface area contributed by atoms with Gasteiger partial charge >= 0.3 is 12.1 Å². The van der Waals surface area contributed by atoms with E-state index in [0.717, 1.165) is 12.8 Å². The molecule has 3 aromatic rings. The van der Waals surface area contributed by atoms with Crippen molar-refractivity contribution in [1.29, 1.82) is 5.26 Å². The summed E-state index contributed by atoms with van der Waals surface area (Å²) in [4.78, 5) is 66.6. The van der Waals surface area contributed by atoms with Crippen molar-refractivity contribution in [3.63, 3.8) is 0 Å². The van der Waals surface area contributed by atoms with Crippen LogP contribution in [-0.2, 0) is 23.9 Å². The summed E-state index contributed by atoms with van der Waals surface area (Å²) in [7, 11) is 1.29. The Morgan fingerprint density at radius 1 is 1.07 bits per heavy atom. The number of rotatable bonds is 14. The highest BCUT2D eigenvalue weighted by molar-refractivity contribution is 7.14. The molecule has 3 N–H and O–H groups in total. The average Bonchev–Trinajstić information content (AvgIpc) is 3.85.